The highest BCUT2D eigenvalue weighted by molar-refractivity contribution is 7.90. The fourth-order valence-electron chi connectivity index (χ4n) is 1.64. The van der Waals surface area contributed by atoms with Gasteiger partial charge in [-0.1, -0.05) is 0 Å². The van der Waals surface area contributed by atoms with Crippen molar-refractivity contribution >= 4 is 9.84 Å². The number of benzene rings is 1. The Hall–Kier alpha value is -1.08. The Kier molecular flexibility index (Phi) is 2.52. The topological polar surface area (TPSA) is 54.4 Å². The zero-order valence-corrected chi connectivity index (χ0v) is 9.61. The Morgan fingerprint density at radius 2 is 1.76 bits per heavy atom. The van der Waals surface area contributed by atoms with E-state index in [4.69, 9.17) is 0 Å². The van der Waals surface area contributed by atoms with Crippen LogP contribution in [0.25, 0.3) is 0 Å². The lowest BCUT2D eigenvalue weighted by Crippen LogP contribution is -2.14. The van der Waals surface area contributed by atoms with Gasteiger partial charge in [-0.3, -0.25) is 0 Å². The summed E-state index contributed by atoms with van der Waals surface area (Å²) in [6.45, 7) is 0. The Balaban J connectivity index is 2.73. The van der Waals surface area contributed by atoms with E-state index >= 15 is 0 Å². The quantitative estimate of drug-likeness (QED) is 0.825. The van der Waals surface area contributed by atoms with Gasteiger partial charge in [-0.05, 0) is 18.9 Å². The standard InChI is InChI=1S/C10H9F3O3S/c1-17(15,16)9-6(11)4-5(7(12)8(9)13)10(14)2-3-10/h4,14H,2-3H2,1H3. The molecule has 0 aromatic heterocycles. The first-order chi connectivity index (χ1) is 7.67. The molecular formula is C10H9F3O3S. The van der Waals surface area contributed by atoms with Crippen LogP contribution in [0.1, 0.15) is 18.4 Å². The molecule has 1 saturated carbocycles. The van der Waals surface area contributed by atoms with Gasteiger partial charge in [0.05, 0.1) is 5.60 Å². The van der Waals surface area contributed by atoms with Gasteiger partial charge >= 0.3 is 0 Å². The molecule has 0 heterocycles. The van der Waals surface area contributed by atoms with Crippen LogP contribution in [0.3, 0.4) is 0 Å². The molecule has 1 aromatic rings. The van der Waals surface area contributed by atoms with Crippen molar-refractivity contribution in [1.82, 2.24) is 0 Å². The normalized spacial score (nSPS) is 18.2. The lowest BCUT2D eigenvalue weighted by Gasteiger charge is -2.12. The first-order valence-corrected chi connectivity index (χ1v) is 6.66. The van der Waals surface area contributed by atoms with E-state index in [0.717, 1.165) is 0 Å². The summed E-state index contributed by atoms with van der Waals surface area (Å²) in [6, 6.07) is 0.543. The van der Waals surface area contributed by atoms with Crippen LogP contribution in [0.2, 0.25) is 0 Å². The molecular weight excluding hydrogens is 257 g/mol. The molecule has 1 N–H and O–H groups in total. The van der Waals surface area contributed by atoms with Gasteiger partial charge in [-0.15, -0.1) is 0 Å². The molecule has 1 aromatic carbocycles. The van der Waals surface area contributed by atoms with Crippen molar-refractivity contribution in [1.29, 1.82) is 0 Å². The van der Waals surface area contributed by atoms with Crippen molar-refractivity contribution in [3.63, 3.8) is 0 Å². The smallest absolute Gasteiger partial charge is 0.181 e. The molecule has 0 spiro atoms. The highest BCUT2D eigenvalue weighted by atomic mass is 32.2. The van der Waals surface area contributed by atoms with Gasteiger partial charge in [0, 0.05) is 11.8 Å². The third-order valence-corrected chi connectivity index (χ3v) is 3.83. The van der Waals surface area contributed by atoms with Gasteiger partial charge in [0.15, 0.2) is 21.5 Å². The Morgan fingerprint density at radius 1 is 1.24 bits per heavy atom. The Morgan fingerprint density at radius 3 is 2.18 bits per heavy atom. The summed E-state index contributed by atoms with van der Waals surface area (Å²) in [6.07, 6.45) is 0.974. The molecule has 0 amide bonds. The van der Waals surface area contributed by atoms with Gasteiger partial charge in [-0.25, -0.2) is 21.6 Å². The SMILES string of the molecule is CS(=O)(=O)c1c(F)cc(C2(O)CC2)c(F)c1F. The molecule has 2 rings (SSSR count). The molecule has 7 heteroatoms. The summed E-state index contributed by atoms with van der Waals surface area (Å²) in [7, 11) is -4.20. The molecule has 0 aliphatic heterocycles. The summed E-state index contributed by atoms with van der Waals surface area (Å²) in [4.78, 5) is -1.30. The van der Waals surface area contributed by atoms with Crippen LogP contribution in [0, 0.1) is 17.5 Å². The first-order valence-electron chi connectivity index (χ1n) is 4.77. The molecule has 0 radical (unpaired) electrons. The molecule has 17 heavy (non-hydrogen) atoms. The summed E-state index contributed by atoms with van der Waals surface area (Å²) in [5, 5.41) is 9.60. The van der Waals surface area contributed by atoms with E-state index in [-0.39, 0.29) is 12.8 Å². The number of halogens is 3. The van der Waals surface area contributed by atoms with E-state index in [9.17, 15) is 26.7 Å². The molecule has 1 aliphatic carbocycles. The maximum atomic E-state index is 13.5. The van der Waals surface area contributed by atoms with E-state index in [2.05, 4.69) is 0 Å². The second-order valence-corrected chi connectivity index (χ2v) is 6.12. The summed E-state index contributed by atoms with van der Waals surface area (Å²) >= 11 is 0. The van der Waals surface area contributed by atoms with Crippen molar-refractivity contribution in [3.8, 4) is 0 Å². The maximum Gasteiger partial charge on any atom is 0.181 e. The second kappa shape index (κ2) is 3.46. The number of aliphatic hydroxyl groups is 1. The van der Waals surface area contributed by atoms with Gasteiger partial charge < -0.3 is 5.11 Å². The number of sulfone groups is 1. The van der Waals surface area contributed by atoms with Crippen LogP contribution in [0.4, 0.5) is 13.2 Å². The third kappa shape index (κ3) is 1.93. The number of rotatable bonds is 2. The molecule has 0 atom stereocenters. The third-order valence-electron chi connectivity index (χ3n) is 2.71. The highest BCUT2D eigenvalue weighted by Crippen LogP contribution is 2.47. The largest absolute Gasteiger partial charge is 0.385 e. The van der Waals surface area contributed by atoms with Crippen LogP contribution in [-0.2, 0) is 15.4 Å². The van der Waals surface area contributed by atoms with Crippen LogP contribution in [0.5, 0.6) is 0 Å². The van der Waals surface area contributed by atoms with Gasteiger partial charge in [0.25, 0.3) is 0 Å². The fourth-order valence-corrected chi connectivity index (χ4v) is 2.47. The van der Waals surface area contributed by atoms with Crippen molar-refractivity contribution < 1.29 is 26.7 Å². The van der Waals surface area contributed by atoms with Crippen molar-refractivity contribution in [2.75, 3.05) is 6.26 Å². The summed E-state index contributed by atoms with van der Waals surface area (Å²) < 4.78 is 62.7. The first kappa shape index (κ1) is 12.4. The second-order valence-electron chi connectivity index (χ2n) is 4.17. The molecule has 94 valence electrons. The predicted octanol–water partition coefficient (Wildman–Crippen LogP) is 1.49. The van der Waals surface area contributed by atoms with E-state index in [1.54, 1.807) is 0 Å². The van der Waals surface area contributed by atoms with Crippen LogP contribution < -0.4 is 0 Å². The van der Waals surface area contributed by atoms with Crippen molar-refractivity contribution in [2.45, 2.75) is 23.3 Å². The molecule has 0 bridgehead atoms. The Bertz CT molecular complexity index is 591. The van der Waals surface area contributed by atoms with E-state index in [1.165, 1.54) is 0 Å². The molecule has 3 nitrogen and oxygen atoms in total. The molecule has 1 aliphatic rings. The average Bonchev–Trinajstić information content (AvgIpc) is 2.89. The minimum absolute atomic E-state index is 0.195. The molecule has 0 unspecified atom stereocenters. The number of hydrogen-bond donors (Lipinski definition) is 1. The lowest BCUT2D eigenvalue weighted by molar-refractivity contribution is 0.144. The van der Waals surface area contributed by atoms with E-state index in [1.807, 2.05) is 0 Å². The van der Waals surface area contributed by atoms with Crippen LogP contribution >= 0.6 is 0 Å². The maximum absolute atomic E-state index is 13.5. The van der Waals surface area contributed by atoms with Crippen molar-refractivity contribution in [2.24, 2.45) is 0 Å². The minimum Gasteiger partial charge on any atom is -0.385 e. The van der Waals surface area contributed by atoms with Crippen molar-refractivity contribution in [3.05, 3.63) is 29.1 Å². The van der Waals surface area contributed by atoms with Gasteiger partial charge in [-0.2, -0.15) is 0 Å². The van der Waals surface area contributed by atoms with Gasteiger partial charge in [0.1, 0.15) is 10.7 Å². The molecule has 0 saturated heterocycles. The lowest BCUT2D eigenvalue weighted by atomic mass is 10.1. The highest BCUT2D eigenvalue weighted by Gasteiger charge is 2.46. The zero-order valence-electron chi connectivity index (χ0n) is 8.80. The number of hydrogen-bond acceptors (Lipinski definition) is 3. The summed E-state index contributed by atoms with van der Waals surface area (Å²) in [5.41, 5.74) is -2.10. The summed E-state index contributed by atoms with van der Waals surface area (Å²) in [5.74, 6) is -4.67. The monoisotopic (exact) mass is 266 g/mol. The molecule has 1 fully saturated rings. The predicted molar refractivity (Wildman–Crippen MR) is 52.6 cm³/mol. The zero-order chi connectivity index (χ0) is 13.0. The van der Waals surface area contributed by atoms with Crippen LogP contribution in [-0.4, -0.2) is 19.8 Å². The average molecular weight is 266 g/mol. The fraction of sp³-hybridized carbons (Fsp3) is 0.400. The van der Waals surface area contributed by atoms with E-state index in [0.29, 0.717) is 12.3 Å². The Labute approximate surface area is 95.8 Å². The van der Waals surface area contributed by atoms with Crippen LogP contribution in [0.15, 0.2) is 11.0 Å². The minimum atomic E-state index is -4.20. The van der Waals surface area contributed by atoms with E-state index < -0.39 is 43.3 Å². The van der Waals surface area contributed by atoms with Gasteiger partial charge in [0.2, 0.25) is 0 Å².